The number of unbranched alkanes of at least 4 members (excludes halogenated alkanes) is 1. The summed E-state index contributed by atoms with van der Waals surface area (Å²) in [6.07, 6.45) is 2.12. The number of primary amides is 1. The van der Waals surface area contributed by atoms with Crippen molar-refractivity contribution in [1.29, 1.82) is 0 Å². The van der Waals surface area contributed by atoms with Gasteiger partial charge in [-0.15, -0.1) is 0 Å². The molecule has 0 aliphatic carbocycles. The Balaban J connectivity index is 2.44. The molecule has 0 unspecified atom stereocenters. The molecule has 0 aromatic carbocycles. The number of nitrogens with zero attached hydrogens (tertiary/aromatic N) is 2. The first-order valence-corrected chi connectivity index (χ1v) is 6.85. The average molecular weight is 315 g/mol. The summed E-state index contributed by atoms with van der Waals surface area (Å²) in [5, 5.41) is 3.22. The van der Waals surface area contributed by atoms with Crippen molar-refractivity contribution in [3.8, 4) is 0 Å². The molecule has 0 saturated heterocycles. The van der Waals surface area contributed by atoms with Crippen molar-refractivity contribution >= 4 is 27.7 Å². The number of halogens is 1. The summed E-state index contributed by atoms with van der Waals surface area (Å²) in [4.78, 5) is 19.3. The van der Waals surface area contributed by atoms with Gasteiger partial charge in [-0.05, 0) is 28.8 Å². The van der Waals surface area contributed by atoms with Gasteiger partial charge in [-0.1, -0.05) is 13.8 Å². The standard InChI is InChI=1S/C12H19BrN4O/c1-8(2)12-16-9(13)7-11(17-12)15-6-4-3-5-10(14)18/h7-8H,3-6H2,1-2H3,(H2,14,18)(H,15,16,17). The van der Waals surface area contributed by atoms with Crippen LogP contribution in [0.25, 0.3) is 0 Å². The summed E-state index contributed by atoms with van der Waals surface area (Å²) < 4.78 is 0.779. The van der Waals surface area contributed by atoms with E-state index >= 15 is 0 Å². The number of rotatable bonds is 7. The quantitative estimate of drug-likeness (QED) is 0.598. The molecule has 1 aromatic rings. The Morgan fingerprint density at radius 3 is 2.78 bits per heavy atom. The van der Waals surface area contributed by atoms with E-state index in [1.165, 1.54) is 0 Å². The van der Waals surface area contributed by atoms with Crippen LogP contribution in [0.3, 0.4) is 0 Å². The Bertz CT molecular complexity index is 409. The van der Waals surface area contributed by atoms with Gasteiger partial charge in [0.15, 0.2) is 0 Å². The Labute approximate surface area is 116 Å². The zero-order chi connectivity index (χ0) is 13.5. The molecule has 0 aliphatic heterocycles. The third-order valence-electron chi connectivity index (χ3n) is 2.38. The van der Waals surface area contributed by atoms with Crippen LogP contribution in [0.2, 0.25) is 0 Å². The van der Waals surface area contributed by atoms with Crippen LogP contribution >= 0.6 is 15.9 Å². The molecule has 6 heteroatoms. The minimum atomic E-state index is -0.248. The normalized spacial score (nSPS) is 10.7. The number of hydrogen-bond acceptors (Lipinski definition) is 4. The summed E-state index contributed by atoms with van der Waals surface area (Å²) in [6.45, 7) is 4.88. The van der Waals surface area contributed by atoms with Crippen molar-refractivity contribution in [2.24, 2.45) is 5.73 Å². The van der Waals surface area contributed by atoms with Gasteiger partial charge in [-0.3, -0.25) is 4.79 Å². The van der Waals surface area contributed by atoms with Crippen LogP contribution in [0, 0.1) is 0 Å². The fourth-order valence-electron chi connectivity index (χ4n) is 1.42. The van der Waals surface area contributed by atoms with Crippen LogP contribution in [-0.2, 0) is 4.79 Å². The summed E-state index contributed by atoms with van der Waals surface area (Å²) in [7, 11) is 0. The van der Waals surface area contributed by atoms with Crippen molar-refractivity contribution in [3.63, 3.8) is 0 Å². The zero-order valence-corrected chi connectivity index (χ0v) is 12.3. The van der Waals surface area contributed by atoms with Crippen molar-refractivity contribution in [2.75, 3.05) is 11.9 Å². The molecular weight excluding hydrogens is 296 g/mol. The first-order chi connectivity index (χ1) is 8.49. The van der Waals surface area contributed by atoms with Crippen LogP contribution in [0.15, 0.2) is 10.7 Å². The van der Waals surface area contributed by atoms with E-state index in [9.17, 15) is 4.79 Å². The van der Waals surface area contributed by atoms with Gasteiger partial charge in [0.25, 0.3) is 0 Å². The zero-order valence-electron chi connectivity index (χ0n) is 10.7. The predicted molar refractivity (Wildman–Crippen MR) is 75.4 cm³/mol. The van der Waals surface area contributed by atoms with E-state index in [-0.39, 0.29) is 11.8 Å². The van der Waals surface area contributed by atoms with E-state index in [0.29, 0.717) is 6.42 Å². The number of nitrogens with two attached hydrogens (primary N) is 1. The highest BCUT2D eigenvalue weighted by molar-refractivity contribution is 9.10. The SMILES string of the molecule is CC(C)c1nc(Br)cc(NCCCCC(N)=O)n1. The Hall–Kier alpha value is -1.17. The van der Waals surface area contributed by atoms with Crippen LogP contribution in [0.1, 0.15) is 44.9 Å². The molecular formula is C12H19BrN4O. The first-order valence-electron chi connectivity index (χ1n) is 6.05. The van der Waals surface area contributed by atoms with Gasteiger partial charge in [-0.25, -0.2) is 9.97 Å². The molecule has 1 rings (SSSR count). The number of hydrogen-bond donors (Lipinski definition) is 2. The van der Waals surface area contributed by atoms with E-state index in [0.717, 1.165) is 35.6 Å². The maximum absolute atomic E-state index is 10.6. The van der Waals surface area contributed by atoms with E-state index in [2.05, 4.69) is 45.1 Å². The molecule has 100 valence electrons. The molecule has 0 radical (unpaired) electrons. The molecule has 1 aromatic heterocycles. The minimum absolute atomic E-state index is 0.248. The lowest BCUT2D eigenvalue weighted by Gasteiger charge is -2.09. The number of amides is 1. The van der Waals surface area contributed by atoms with E-state index in [4.69, 9.17) is 5.73 Å². The molecule has 5 nitrogen and oxygen atoms in total. The largest absolute Gasteiger partial charge is 0.370 e. The van der Waals surface area contributed by atoms with Crippen molar-refractivity contribution in [1.82, 2.24) is 9.97 Å². The fourth-order valence-corrected chi connectivity index (χ4v) is 1.82. The summed E-state index contributed by atoms with van der Waals surface area (Å²) in [6, 6.07) is 1.85. The second kappa shape index (κ2) is 7.31. The van der Waals surface area contributed by atoms with Gasteiger partial charge in [0.2, 0.25) is 5.91 Å². The molecule has 3 N–H and O–H groups in total. The lowest BCUT2D eigenvalue weighted by atomic mass is 10.2. The van der Waals surface area contributed by atoms with Gasteiger partial charge in [0, 0.05) is 24.9 Å². The van der Waals surface area contributed by atoms with Gasteiger partial charge in [0.1, 0.15) is 16.2 Å². The number of aromatic nitrogens is 2. The summed E-state index contributed by atoms with van der Waals surface area (Å²) >= 11 is 3.37. The molecule has 1 heterocycles. The Morgan fingerprint density at radius 2 is 2.17 bits per heavy atom. The van der Waals surface area contributed by atoms with Crippen molar-refractivity contribution < 1.29 is 4.79 Å². The number of anilines is 1. The Morgan fingerprint density at radius 1 is 1.44 bits per heavy atom. The average Bonchev–Trinajstić information content (AvgIpc) is 2.27. The molecule has 0 aliphatic rings. The lowest BCUT2D eigenvalue weighted by molar-refractivity contribution is -0.118. The second-order valence-corrected chi connectivity index (χ2v) is 5.25. The minimum Gasteiger partial charge on any atom is -0.370 e. The third kappa shape index (κ3) is 5.44. The van der Waals surface area contributed by atoms with Gasteiger partial charge >= 0.3 is 0 Å². The molecule has 18 heavy (non-hydrogen) atoms. The number of nitrogens with one attached hydrogen (secondary N) is 1. The maximum atomic E-state index is 10.6. The number of carbonyl (C=O) groups is 1. The van der Waals surface area contributed by atoms with E-state index in [1.54, 1.807) is 0 Å². The topological polar surface area (TPSA) is 80.9 Å². The summed E-state index contributed by atoms with van der Waals surface area (Å²) in [5.41, 5.74) is 5.07. The third-order valence-corrected chi connectivity index (χ3v) is 2.79. The highest BCUT2D eigenvalue weighted by atomic mass is 79.9. The molecule has 0 atom stereocenters. The van der Waals surface area contributed by atoms with Gasteiger partial charge in [-0.2, -0.15) is 0 Å². The molecule has 0 bridgehead atoms. The smallest absolute Gasteiger partial charge is 0.217 e. The number of carbonyl (C=O) groups excluding carboxylic acids is 1. The van der Waals surface area contributed by atoms with E-state index in [1.807, 2.05) is 6.07 Å². The fraction of sp³-hybridized carbons (Fsp3) is 0.583. The van der Waals surface area contributed by atoms with Crippen LogP contribution in [-0.4, -0.2) is 22.4 Å². The van der Waals surface area contributed by atoms with Crippen molar-refractivity contribution in [2.45, 2.75) is 39.0 Å². The molecule has 1 amide bonds. The van der Waals surface area contributed by atoms with Crippen LogP contribution in [0.5, 0.6) is 0 Å². The second-order valence-electron chi connectivity index (χ2n) is 4.44. The first kappa shape index (κ1) is 14.9. The van der Waals surface area contributed by atoms with Gasteiger partial charge < -0.3 is 11.1 Å². The predicted octanol–water partition coefficient (Wildman–Crippen LogP) is 2.43. The molecule has 0 saturated carbocycles. The van der Waals surface area contributed by atoms with Gasteiger partial charge in [0.05, 0.1) is 0 Å². The Kier molecular flexibility index (Phi) is 6.04. The monoisotopic (exact) mass is 314 g/mol. The summed E-state index contributed by atoms with van der Waals surface area (Å²) in [5.74, 6) is 1.66. The van der Waals surface area contributed by atoms with E-state index < -0.39 is 0 Å². The molecule has 0 spiro atoms. The maximum Gasteiger partial charge on any atom is 0.217 e. The highest BCUT2D eigenvalue weighted by Crippen LogP contribution is 2.17. The van der Waals surface area contributed by atoms with Crippen LogP contribution < -0.4 is 11.1 Å². The lowest BCUT2D eigenvalue weighted by Crippen LogP contribution is -2.11. The van der Waals surface area contributed by atoms with Crippen molar-refractivity contribution in [3.05, 3.63) is 16.5 Å². The van der Waals surface area contributed by atoms with Crippen LogP contribution in [0.4, 0.5) is 5.82 Å². The highest BCUT2D eigenvalue weighted by Gasteiger charge is 2.06. The molecule has 0 fully saturated rings.